The number of rotatable bonds is 2. The number of benzene rings is 3. The third-order valence-electron chi connectivity index (χ3n) is 7.64. The minimum Gasteiger partial charge on any atom is -0.542 e. The van der Waals surface area contributed by atoms with Crippen LogP contribution in [0.3, 0.4) is 0 Å². The van der Waals surface area contributed by atoms with Crippen molar-refractivity contribution in [2.75, 3.05) is 7.11 Å². The fourth-order valence-electron chi connectivity index (χ4n) is 6.11. The molecule has 0 bridgehead atoms. The molecule has 0 saturated carbocycles. The summed E-state index contributed by atoms with van der Waals surface area (Å²) in [6, 6.07) is 23.4. The Balaban J connectivity index is 1.60. The highest BCUT2D eigenvalue weighted by molar-refractivity contribution is 6.85. The molecule has 6 rings (SSSR count). The number of ketones is 2. The van der Waals surface area contributed by atoms with Crippen molar-refractivity contribution in [3.8, 4) is 5.75 Å². The summed E-state index contributed by atoms with van der Waals surface area (Å²) >= 11 is 0. The fraction of sp³-hybridized carbons (Fsp3) is 0.241. The van der Waals surface area contributed by atoms with Crippen molar-refractivity contribution in [2.45, 2.75) is 25.4 Å². The van der Waals surface area contributed by atoms with Gasteiger partial charge in [-0.1, -0.05) is 60.7 Å². The first-order chi connectivity index (χ1) is 16.4. The van der Waals surface area contributed by atoms with Crippen LogP contribution in [0.5, 0.6) is 5.75 Å². The second-order valence-electron chi connectivity index (χ2n) is 9.86. The molecule has 3 aromatic carbocycles. The molecular formula is C29H26O4Si. The van der Waals surface area contributed by atoms with Gasteiger partial charge in [-0.2, -0.15) is 0 Å². The molecule has 170 valence electrons. The van der Waals surface area contributed by atoms with E-state index in [0.717, 1.165) is 28.2 Å². The molecule has 0 saturated heterocycles. The zero-order chi connectivity index (χ0) is 23.6. The Labute approximate surface area is 200 Å². The van der Waals surface area contributed by atoms with Gasteiger partial charge in [0.2, 0.25) is 0 Å². The van der Waals surface area contributed by atoms with Crippen LogP contribution in [0.2, 0.25) is 13.1 Å². The minimum atomic E-state index is -2.21. The summed E-state index contributed by atoms with van der Waals surface area (Å²) in [4.78, 5) is 28.0. The van der Waals surface area contributed by atoms with Crippen molar-refractivity contribution < 1.29 is 18.8 Å². The van der Waals surface area contributed by atoms with Crippen LogP contribution in [0.15, 0.2) is 78.6 Å². The molecule has 0 spiro atoms. The van der Waals surface area contributed by atoms with Crippen LogP contribution >= 0.6 is 0 Å². The van der Waals surface area contributed by atoms with Crippen molar-refractivity contribution in [1.29, 1.82) is 0 Å². The minimum absolute atomic E-state index is 0.0192. The fourth-order valence-corrected chi connectivity index (χ4v) is 8.39. The molecule has 0 aromatic heterocycles. The maximum atomic E-state index is 14.0. The molecular weight excluding hydrogens is 440 g/mol. The van der Waals surface area contributed by atoms with Gasteiger partial charge >= 0.3 is 0 Å². The van der Waals surface area contributed by atoms with E-state index in [2.05, 4.69) is 25.2 Å². The molecule has 3 aliphatic rings. The molecule has 4 nitrogen and oxygen atoms in total. The lowest BCUT2D eigenvalue weighted by molar-refractivity contribution is 0.0731. The Morgan fingerprint density at radius 3 is 2.12 bits per heavy atom. The lowest BCUT2D eigenvalue weighted by Crippen LogP contribution is -2.53. The zero-order valence-corrected chi connectivity index (χ0v) is 20.5. The largest absolute Gasteiger partial charge is 0.542 e. The maximum Gasteiger partial charge on any atom is 0.277 e. The summed E-state index contributed by atoms with van der Waals surface area (Å²) in [7, 11) is -0.564. The van der Waals surface area contributed by atoms with Crippen LogP contribution in [-0.2, 0) is 4.43 Å². The van der Waals surface area contributed by atoms with Gasteiger partial charge in [-0.15, -0.1) is 0 Å². The Kier molecular flexibility index (Phi) is 4.68. The summed E-state index contributed by atoms with van der Waals surface area (Å²) < 4.78 is 12.1. The monoisotopic (exact) mass is 466 g/mol. The lowest BCUT2D eigenvalue weighted by atomic mass is 9.59. The Bertz CT molecular complexity index is 1370. The first-order valence-corrected chi connectivity index (χ1v) is 14.6. The highest BCUT2D eigenvalue weighted by Crippen LogP contribution is 2.54. The third kappa shape index (κ3) is 2.96. The second-order valence-corrected chi connectivity index (χ2v) is 13.6. The van der Waals surface area contributed by atoms with Crippen LogP contribution in [0.4, 0.5) is 0 Å². The van der Waals surface area contributed by atoms with Crippen molar-refractivity contribution >= 4 is 30.6 Å². The number of fused-ring (bicyclic) bond motifs is 5. The van der Waals surface area contributed by atoms with E-state index in [0.29, 0.717) is 17.5 Å². The number of methoxy groups -OCH3 is 1. The van der Waals surface area contributed by atoms with Gasteiger partial charge < -0.3 is 9.16 Å². The number of ether oxygens (including phenoxy) is 1. The van der Waals surface area contributed by atoms with E-state index in [1.807, 2.05) is 48.5 Å². The zero-order valence-electron chi connectivity index (χ0n) is 19.5. The number of carbonyl (C=O) groups excluding carboxylic acids is 2. The molecule has 0 amide bonds. The van der Waals surface area contributed by atoms with Gasteiger partial charge in [0.1, 0.15) is 5.75 Å². The third-order valence-corrected chi connectivity index (χ3v) is 10.1. The predicted octanol–water partition coefficient (Wildman–Crippen LogP) is 5.35. The molecule has 0 N–H and O–H groups in total. The van der Waals surface area contributed by atoms with Crippen LogP contribution in [0.25, 0.3) is 5.57 Å². The number of allylic oxidation sites excluding steroid dienone is 2. The van der Waals surface area contributed by atoms with E-state index in [1.165, 1.54) is 5.19 Å². The summed E-state index contributed by atoms with van der Waals surface area (Å²) in [5.74, 6) is 0.563. The molecule has 3 aromatic rings. The van der Waals surface area contributed by atoms with Crippen LogP contribution < -0.4 is 9.92 Å². The van der Waals surface area contributed by atoms with Crippen molar-refractivity contribution in [3.05, 3.63) is 101 Å². The van der Waals surface area contributed by atoms with Gasteiger partial charge in [-0.3, -0.25) is 9.59 Å². The van der Waals surface area contributed by atoms with Crippen molar-refractivity contribution in [2.24, 2.45) is 11.8 Å². The smallest absolute Gasteiger partial charge is 0.277 e. The van der Waals surface area contributed by atoms with Gasteiger partial charge in [-0.25, -0.2) is 0 Å². The van der Waals surface area contributed by atoms with Crippen LogP contribution in [0, 0.1) is 11.8 Å². The Morgan fingerprint density at radius 2 is 1.44 bits per heavy atom. The van der Waals surface area contributed by atoms with E-state index in [4.69, 9.17) is 9.16 Å². The van der Waals surface area contributed by atoms with Crippen molar-refractivity contribution in [1.82, 2.24) is 0 Å². The molecule has 34 heavy (non-hydrogen) atoms. The highest BCUT2D eigenvalue weighted by atomic mass is 28.4. The quantitative estimate of drug-likeness (QED) is 0.478. The molecule has 0 fully saturated rings. The lowest BCUT2D eigenvalue weighted by Gasteiger charge is -2.46. The molecule has 1 aliphatic heterocycles. The van der Waals surface area contributed by atoms with E-state index in [9.17, 15) is 9.59 Å². The molecule has 0 radical (unpaired) electrons. The SMILES string of the molecule is COc1ccc([C@H]2CC3=C(c4ccccc4[Si](C)(C)O3)[C@H]3C(=O)c4ccccc4C(=O)[C@H]32)cc1. The second kappa shape index (κ2) is 7.54. The molecule has 0 unspecified atom stereocenters. The number of hydrogen-bond donors (Lipinski definition) is 0. The summed E-state index contributed by atoms with van der Waals surface area (Å²) in [5.41, 5.74) is 4.10. The van der Waals surface area contributed by atoms with E-state index in [-0.39, 0.29) is 17.5 Å². The number of carbonyl (C=O) groups is 2. The van der Waals surface area contributed by atoms with E-state index < -0.39 is 20.2 Å². The first-order valence-electron chi connectivity index (χ1n) is 11.7. The Hall–Kier alpha value is -3.44. The normalized spacial score (nSPS) is 24.4. The van der Waals surface area contributed by atoms with E-state index >= 15 is 0 Å². The van der Waals surface area contributed by atoms with Gasteiger partial charge in [0.15, 0.2) is 11.6 Å². The topological polar surface area (TPSA) is 52.6 Å². The average Bonchev–Trinajstić information content (AvgIpc) is 2.86. The standard InChI is InChI=1S/C29H26O4Si/c1-32-18-14-12-17(13-15-18)22-16-23-25(21-10-6-7-11-24(21)34(2,3)33-23)27-26(22)28(30)19-8-4-5-9-20(19)29(27)31/h4-15,22,26-27H,16H2,1-3H3/t22-,26+,27-/m1/s1. The van der Waals surface area contributed by atoms with Crippen LogP contribution in [-0.4, -0.2) is 27.0 Å². The van der Waals surface area contributed by atoms with Crippen molar-refractivity contribution in [3.63, 3.8) is 0 Å². The first kappa shape index (κ1) is 21.1. The molecule has 3 atom stereocenters. The number of hydrogen-bond acceptors (Lipinski definition) is 4. The predicted molar refractivity (Wildman–Crippen MR) is 134 cm³/mol. The number of Topliss-reactive ketones (excluding diaryl/α,β-unsaturated/α-hetero) is 2. The Morgan fingerprint density at radius 1 is 0.824 bits per heavy atom. The average molecular weight is 467 g/mol. The molecule has 2 aliphatic carbocycles. The maximum absolute atomic E-state index is 14.0. The highest BCUT2D eigenvalue weighted by Gasteiger charge is 2.54. The van der Waals surface area contributed by atoms with Crippen LogP contribution in [0.1, 0.15) is 44.2 Å². The van der Waals surface area contributed by atoms with Gasteiger partial charge in [0, 0.05) is 35.0 Å². The molecule has 5 heteroatoms. The van der Waals surface area contributed by atoms with Gasteiger partial charge in [-0.05, 0) is 41.5 Å². The van der Waals surface area contributed by atoms with E-state index in [1.54, 1.807) is 19.2 Å². The van der Waals surface area contributed by atoms with Gasteiger partial charge in [0.25, 0.3) is 8.32 Å². The molecule has 1 heterocycles. The summed E-state index contributed by atoms with van der Waals surface area (Å²) in [6.07, 6.45) is 0.606. The summed E-state index contributed by atoms with van der Waals surface area (Å²) in [5, 5.41) is 1.19. The van der Waals surface area contributed by atoms with Gasteiger partial charge in [0.05, 0.1) is 18.8 Å². The summed E-state index contributed by atoms with van der Waals surface area (Å²) in [6.45, 7) is 4.40.